The lowest BCUT2D eigenvalue weighted by Gasteiger charge is -2.10. The maximum absolute atomic E-state index is 11.7. The van der Waals surface area contributed by atoms with E-state index in [1.165, 1.54) is 0 Å². The van der Waals surface area contributed by atoms with Crippen LogP contribution in [-0.2, 0) is 0 Å². The third-order valence-corrected chi connectivity index (χ3v) is 1.80. The van der Waals surface area contributed by atoms with Crippen LogP contribution < -0.4 is 0 Å². The zero-order valence-electron chi connectivity index (χ0n) is 5.62. The number of hydrogen-bond donors (Lipinski definition) is 0. The number of hydrogen-bond acceptors (Lipinski definition) is 0. The molecule has 59 valence electrons. The predicted molar refractivity (Wildman–Crippen MR) is 32.3 cm³/mol. The van der Waals surface area contributed by atoms with Crippen molar-refractivity contribution in [3.8, 4) is 0 Å². The first kappa shape index (κ1) is 7.89. The summed E-state index contributed by atoms with van der Waals surface area (Å²) in [4.78, 5) is 0. The topological polar surface area (TPSA) is 0 Å². The van der Waals surface area contributed by atoms with Crippen molar-refractivity contribution in [1.82, 2.24) is 0 Å². The van der Waals surface area contributed by atoms with Crippen molar-refractivity contribution in [1.29, 1.82) is 0 Å². The molecule has 0 aromatic heterocycles. The van der Waals surface area contributed by atoms with Crippen molar-refractivity contribution in [3.05, 3.63) is 6.42 Å². The van der Waals surface area contributed by atoms with Crippen molar-refractivity contribution >= 4 is 0 Å². The molecule has 0 aromatic carbocycles. The molecule has 1 aliphatic carbocycles. The van der Waals surface area contributed by atoms with Gasteiger partial charge in [-0.1, -0.05) is 0 Å². The van der Waals surface area contributed by atoms with E-state index in [-0.39, 0.29) is 5.92 Å². The second-order valence-corrected chi connectivity index (χ2v) is 2.79. The van der Waals surface area contributed by atoms with Gasteiger partial charge in [0.25, 0.3) is 0 Å². The molecule has 0 aromatic rings. The highest BCUT2D eigenvalue weighted by Gasteiger charge is 2.32. The lowest BCUT2D eigenvalue weighted by atomic mass is 10.0. The van der Waals surface area contributed by atoms with E-state index in [4.69, 9.17) is 0 Å². The molecule has 0 bridgehead atoms. The van der Waals surface area contributed by atoms with Gasteiger partial charge in [-0.05, 0) is 31.6 Å². The normalized spacial score (nSPS) is 21.9. The molecule has 0 aliphatic heterocycles. The molecule has 10 heavy (non-hydrogen) atoms. The Balaban J connectivity index is 2.24. The standard InChI is InChI=1S/C7H10F3/c8-7(9,10)5-6-3-1-2-4-6/h1,6H,2-5H2. The Morgan fingerprint density at radius 3 is 2.50 bits per heavy atom. The maximum atomic E-state index is 11.7. The molecule has 3 heteroatoms. The van der Waals surface area contributed by atoms with Crippen molar-refractivity contribution in [2.45, 2.75) is 31.9 Å². The molecule has 1 aliphatic rings. The Kier molecular flexibility index (Phi) is 2.21. The molecule has 0 amide bonds. The molecule has 1 saturated carbocycles. The zero-order valence-corrected chi connectivity index (χ0v) is 5.62. The number of halogens is 3. The molecule has 0 heterocycles. The van der Waals surface area contributed by atoms with Crippen LogP contribution in [0.2, 0.25) is 0 Å². The Bertz CT molecular complexity index is 99.9. The lowest BCUT2D eigenvalue weighted by Crippen LogP contribution is -2.12. The van der Waals surface area contributed by atoms with Gasteiger partial charge in [-0.3, -0.25) is 0 Å². The van der Waals surface area contributed by atoms with Gasteiger partial charge in [0.1, 0.15) is 0 Å². The monoisotopic (exact) mass is 151 g/mol. The summed E-state index contributed by atoms with van der Waals surface area (Å²) in [5, 5.41) is 0. The molecule has 0 N–H and O–H groups in total. The average Bonchev–Trinajstić information content (AvgIpc) is 2.12. The smallest absolute Gasteiger partial charge is 0.171 e. The summed E-state index contributed by atoms with van der Waals surface area (Å²) in [6, 6.07) is 0. The summed E-state index contributed by atoms with van der Waals surface area (Å²) in [5.41, 5.74) is 0. The van der Waals surface area contributed by atoms with Crippen molar-refractivity contribution in [2.24, 2.45) is 5.92 Å². The SMILES string of the molecule is FC(F)(F)CC1C[CH]CC1. The summed E-state index contributed by atoms with van der Waals surface area (Å²) in [7, 11) is 0. The van der Waals surface area contributed by atoms with E-state index in [1.54, 1.807) is 0 Å². The predicted octanol–water partition coefficient (Wildman–Crippen LogP) is 2.94. The zero-order chi connectivity index (χ0) is 7.61. The first-order chi connectivity index (χ1) is 4.58. The first-order valence-corrected chi connectivity index (χ1v) is 3.46. The van der Waals surface area contributed by atoms with E-state index < -0.39 is 12.6 Å². The highest BCUT2D eigenvalue weighted by atomic mass is 19.4. The summed E-state index contributed by atoms with van der Waals surface area (Å²) in [5.74, 6) is -0.125. The molecule has 1 unspecified atom stereocenters. The van der Waals surface area contributed by atoms with Gasteiger partial charge in [-0.15, -0.1) is 0 Å². The van der Waals surface area contributed by atoms with Crippen LogP contribution in [0.1, 0.15) is 25.7 Å². The fraction of sp³-hybridized carbons (Fsp3) is 0.857. The van der Waals surface area contributed by atoms with E-state index in [0.29, 0.717) is 6.42 Å². The average molecular weight is 151 g/mol. The third-order valence-electron chi connectivity index (χ3n) is 1.80. The number of alkyl halides is 3. The van der Waals surface area contributed by atoms with Crippen LogP contribution in [0, 0.1) is 12.3 Å². The van der Waals surface area contributed by atoms with Crippen molar-refractivity contribution < 1.29 is 13.2 Å². The molecule has 1 atom stereocenters. The lowest BCUT2D eigenvalue weighted by molar-refractivity contribution is -0.143. The minimum atomic E-state index is -3.96. The molecular weight excluding hydrogens is 141 g/mol. The van der Waals surface area contributed by atoms with E-state index >= 15 is 0 Å². The first-order valence-electron chi connectivity index (χ1n) is 3.46. The van der Waals surface area contributed by atoms with Gasteiger partial charge in [-0.25, -0.2) is 0 Å². The summed E-state index contributed by atoms with van der Waals surface area (Å²) >= 11 is 0. The van der Waals surface area contributed by atoms with Crippen LogP contribution in [-0.4, -0.2) is 6.18 Å². The summed E-state index contributed by atoms with van der Waals surface area (Å²) in [6.07, 6.45) is -0.373. The Morgan fingerprint density at radius 2 is 2.10 bits per heavy atom. The van der Waals surface area contributed by atoms with Gasteiger partial charge >= 0.3 is 6.18 Å². The van der Waals surface area contributed by atoms with Gasteiger partial charge in [0.2, 0.25) is 0 Å². The van der Waals surface area contributed by atoms with Gasteiger partial charge in [0, 0.05) is 6.42 Å². The van der Waals surface area contributed by atoms with Crippen LogP contribution in [0.5, 0.6) is 0 Å². The summed E-state index contributed by atoms with van der Waals surface area (Å²) < 4.78 is 35.1. The van der Waals surface area contributed by atoms with Crippen molar-refractivity contribution in [3.63, 3.8) is 0 Å². The van der Waals surface area contributed by atoms with Crippen LogP contribution in [0.3, 0.4) is 0 Å². The van der Waals surface area contributed by atoms with Crippen molar-refractivity contribution in [2.75, 3.05) is 0 Å². The van der Waals surface area contributed by atoms with E-state index in [1.807, 2.05) is 6.42 Å². The Hall–Kier alpha value is -0.210. The fourth-order valence-electron chi connectivity index (χ4n) is 1.34. The highest BCUT2D eigenvalue weighted by Crippen LogP contribution is 2.34. The minimum absolute atomic E-state index is 0.125. The van der Waals surface area contributed by atoms with Gasteiger partial charge in [-0.2, -0.15) is 13.2 Å². The van der Waals surface area contributed by atoms with Crippen LogP contribution in [0.4, 0.5) is 13.2 Å². The van der Waals surface area contributed by atoms with E-state index in [2.05, 4.69) is 0 Å². The second kappa shape index (κ2) is 2.81. The molecule has 0 nitrogen and oxygen atoms in total. The summed E-state index contributed by atoms with van der Waals surface area (Å²) in [6.45, 7) is 0. The molecule has 0 saturated heterocycles. The van der Waals surface area contributed by atoms with Gasteiger partial charge in [0.05, 0.1) is 0 Å². The molecule has 1 fully saturated rings. The highest BCUT2D eigenvalue weighted by molar-refractivity contribution is 4.81. The van der Waals surface area contributed by atoms with Crippen LogP contribution in [0.15, 0.2) is 0 Å². The second-order valence-electron chi connectivity index (χ2n) is 2.79. The van der Waals surface area contributed by atoms with Gasteiger partial charge < -0.3 is 0 Å². The van der Waals surface area contributed by atoms with Crippen LogP contribution >= 0.6 is 0 Å². The quantitative estimate of drug-likeness (QED) is 0.540. The minimum Gasteiger partial charge on any atom is -0.171 e. The molecule has 0 spiro atoms. The Morgan fingerprint density at radius 1 is 1.40 bits per heavy atom. The van der Waals surface area contributed by atoms with E-state index in [9.17, 15) is 13.2 Å². The Labute approximate surface area is 58.4 Å². The fourth-order valence-corrected chi connectivity index (χ4v) is 1.34. The van der Waals surface area contributed by atoms with E-state index in [0.717, 1.165) is 12.8 Å². The maximum Gasteiger partial charge on any atom is 0.389 e. The largest absolute Gasteiger partial charge is 0.389 e. The third kappa shape index (κ3) is 2.58. The van der Waals surface area contributed by atoms with Crippen LogP contribution in [0.25, 0.3) is 0 Å². The number of rotatable bonds is 1. The molecule has 1 radical (unpaired) electrons. The molecular formula is C7H10F3. The molecule has 1 rings (SSSR count). The van der Waals surface area contributed by atoms with Gasteiger partial charge in [0.15, 0.2) is 0 Å².